The molecule has 0 N–H and O–H groups in total. The monoisotopic (exact) mass is 322 g/mol. The molecule has 0 saturated carbocycles. The molecule has 0 aliphatic carbocycles. The number of rotatable bonds is 4. The molecular weight excluding hydrogens is 288 g/mol. The maximum atomic E-state index is 4.10. The summed E-state index contributed by atoms with van der Waals surface area (Å²) in [6.07, 6.45) is 6.64. The molecule has 0 nitrogen and oxygen atoms in total. The van der Waals surface area contributed by atoms with Crippen LogP contribution in [0, 0.1) is 20.8 Å². The topological polar surface area (TPSA) is 0 Å². The van der Waals surface area contributed by atoms with E-state index in [1.54, 1.807) is 0 Å². The Morgan fingerprint density at radius 2 is 1.54 bits per heavy atom. The molecule has 2 aromatic carbocycles. The summed E-state index contributed by atoms with van der Waals surface area (Å²) < 4.78 is 0. The third-order valence-electron chi connectivity index (χ3n) is 3.44. The van der Waals surface area contributed by atoms with Gasteiger partial charge in [0.1, 0.15) is 0 Å². The van der Waals surface area contributed by atoms with Gasteiger partial charge in [-0.25, -0.2) is 0 Å². The minimum absolute atomic E-state index is 1.11. The van der Waals surface area contributed by atoms with Crippen molar-refractivity contribution in [1.29, 1.82) is 0 Å². The fourth-order valence-corrected chi connectivity index (χ4v) is 2.19. The summed E-state index contributed by atoms with van der Waals surface area (Å²) in [5.41, 5.74) is 6.30. The van der Waals surface area contributed by atoms with E-state index in [1.165, 1.54) is 28.7 Å². The first-order valence-corrected chi connectivity index (χ1v) is 8.99. The molecule has 24 heavy (non-hydrogen) atoms. The van der Waals surface area contributed by atoms with Crippen LogP contribution in [0.5, 0.6) is 0 Å². The zero-order chi connectivity index (χ0) is 18.4. The largest absolute Gasteiger partial charge is 0.0912 e. The Kier molecular flexibility index (Phi) is 12.2. The van der Waals surface area contributed by atoms with Gasteiger partial charge in [0, 0.05) is 0 Å². The average molecular weight is 323 g/mol. The molecule has 0 aliphatic rings. The lowest BCUT2D eigenvalue weighted by atomic mass is 9.99. The van der Waals surface area contributed by atoms with Crippen LogP contribution < -0.4 is 0 Å². The van der Waals surface area contributed by atoms with E-state index in [-0.39, 0.29) is 0 Å². The van der Waals surface area contributed by atoms with Gasteiger partial charge in [-0.3, -0.25) is 0 Å². The van der Waals surface area contributed by atoms with Crippen LogP contribution in [-0.4, -0.2) is 0 Å². The Bertz CT molecular complexity index is 603. The van der Waals surface area contributed by atoms with Gasteiger partial charge < -0.3 is 0 Å². The van der Waals surface area contributed by atoms with Crippen molar-refractivity contribution in [3.63, 3.8) is 0 Å². The third kappa shape index (κ3) is 9.15. The van der Waals surface area contributed by atoms with Gasteiger partial charge in [0.15, 0.2) is 0 Å². The lowest BCUT2D eigenvalue weighted by Crippen LogP contribution is -1.86. The summed E-state index contributed by atoms with van der Waals surface area (Å²) in [6.45, 7) is 16.6. The van der Waals surface area contributed by atoms with Crippen LogP contribution in [0.15, 0.2) is 67.3 Å². The summed E-state index contributed by atoms with van der Waals surface area (Å²) in [7, 11) is 0. The first-order valence-electron chi connectivity index (χ1n) is 8.99. The normalized spacial score (nSPS) is 9.58. The second kappa shape index (κ2) is 13.4. The first kappa shape index (κ1) is 21.9. The van der Waals surface area contributed by atoms with Crippen LogP contribution in [-0.2, 0) is 0 Å². The molecule has 0 radical (unpaired) electrons. The first-order chi connectivity index (χ1) is 11.5. The molecule has 0 unspecified atom stereocenters. The van der Waals surface area contributed by atoms with Gasteiger partial charge in [0.25, 0.3) is 0 Å². The van der Waals surface area contributed by atoms with E-state index in [0.717, 1.165) is 12.0 Å². The highest BCUT2D eigenvalue weighted by molar-refractivity contribution is 5.74. The van der Waals surface area contributed by atoms with E-state index in [0.29, 0.717) is 0 Å². The smallest absolute Gasteiger partial charge is 0.0161 e. The zero-order valence-corrected chi connectivity index (χ0v) is 16.4. The Morgan fingerprint density at radius 1 is 0.917 bits per heavy atom. The minimum atomic E-state index is 1.11. The summed E-state index contributed by atoms with van der Waals surface area (Å²) >= 11 is 0. The molecule has 0 bridgehead atoms. The molecule has 130 valence electrons. The van der Waals surface area contributed by atoms with Gasteiger partial charge >= 0.3 is 0 Å². The summed E-state index contributed by atoms with van der Waals surface area (Å²) in [5, 5.41) is 0. The summed E-state index contributed by atoms with van der Waals surface area (Å²) in [6, 6.07) is 16.8. The lowest BCUT2D eigenvalue weighted by Gasteiger charge is -2.06. The van der Waals surface area contributed by atoms with Crippen molar-refractivity contribution in [2.24, 2.45) is 0 Å². The van der Waals surface area contributed by atoms with Crippen LogP contribution in [0.25, 0.3) is 5.57 Å². The summed E-state index contributed by atoms with van der Waals surface area (Å²) in [5.74, 6) is 0. The second-order valence-electron chi connectivity index (χ2n) is 5.69. The standard InChI is InChI=1S/C15H20.C7H8.C2H6/c1-5-6-7-8-13(3)15-10-9-12(2)11-14(15)4;1-7-5-3-2-4-6-7;1-2/h7-11H,3,5-6H2,1-2,4H3;2-6H,1H3;1-2H3/b8-7-;;. The molecule has 0 fully saturated rings. The van der Waals surface area contributed by atoms with Crippen molar-refractivity contribution < 1.29 is 0 Å². The van der Waals surface area contributed by atoms with Crippen molar-refractivity contribution in [1.82, 2.24) is 0 Å². The van der Waals surface area contributed by atoms with Crippen LogP contribution in [0.2, 0.25) is 0 Å². The van der Waals surface area contributed by atoms with Gasteiger partial charge in [0.2, 0.25) is 0 Å². The second-order valence-corrected chi connectivity index (χ2v) is 5.69. The molecule has 0 heterocycles. The lowest BCUT2D eigenvalue weighted by molar-refractivity contribution is 0.959. The van der Waals surface area contributed by atoms with Gasteiger partial charge in [-0.15, -0.1) is 0 Å². The van der Waals surface area contributed by atoms with E-state index < -0.39 is 0 Å². The van der Waals surface area contributed by atoms with Gasteiger partial charge in [-0.1, -0.05) is 106 Å². The Labute approximate surface area is 150 Å². The highest BCUT2D eigenvalue weighted by Crippen LogP contribution is 2.19. The van der Waals surface area contributed by atoms with Crippen LogP contribution in [0.4, 0.5) is 0 Å². The molecule has 0 heteroatoms. The van der Waals surface area contributed by atoms with E-state index >= 15 is 0 Å². The van der Waals surface area contributed by atoms with Crippen molar-refractivity contribution in [2.45, 2.75) is 54.4 Å². The van der Waals surface area contributed by atoms with E-state index in [4.69, 9.17) is 0 Å². The van der Waals surface area contributed by atoms with Crippen molar-refractivity contribution >= 4 is 5.57 Å². The molecule has 2 rings (SSSR count). The van der Waals surface area contributed by atoms with Gasteiger partial charge in [-0.05, 0) is 43.9 Å². The van der Waals surface area contributed by atoms with E-state index in [2.05, 4.69) is 76.8 Å². The summed E-state index contributed by atoms with van der Waals surface area (Å²) in [4.78, 5) is 0. The van der Waals surface area contributed by atoms with Gasteiger partial charge in [-0.2, -0.15) is 0 Å². The number of benzene rings is 2. The Balaban J connectivity index is 0.000000488. The fraction of sp³-hybridized carbons (Fsp3) is 0.333. The SMILES string of the molecule is C=C(/C=C\CCC)c1ccc(C)cc1C.CC.Cc1ccccc1. The van der Waals surface area contributed by atoms with Crippen LogP contribution >= 0.6 is 0 Å². The number of aryl methyl sites for hydroxylation is 3. The quantitative estimate of drug-likeness (QED) is 0.506. The number of unbranched alkanes of at least 4 members (excludes halogenated alkanes) is 1. The number of allylic oxidation sites excluding steroid dienone is 3. The highest BCUT2D eigenvalue weighted by atomic mass is 14.0. The molecule has 0 amide bonds. The van der Waals surface area contributed by atoms with Crippen molar-refractivity contribution in [2.75, 3.05) is 0 Å². The predicted octanol–water partition coefficient (Wildman–Crippen LogP) is 7.69. The number of hydrogen-bond acceptors (Lipinski definition) is 0. The Hall–Kier alpha value is -2.08. The molecule has 0 aromatic heterocycles. The third-order valence-corrected chi connectivity index (χ3v) is 3.44. The highest BCUT2D eigenvalue weighted by Gasteiger charge is 1.99. The minimum Gasteiger partial charge on any atom is -0.0912 e. The van der Waals surface area contributed by atoms with E-state index in [1.807, 2.05) is 32.0 Å². The van der Waals surface area contributed by atoms with Crippen molar-refractivity contribution in [3.05, 3.63) is 89.5 Å². The fourth-order valence-electron chi connectivity index (χ4n) is 2.19. The molecule has 0 spiro atoms. The Morgan fingerprint density at radius 3 is 2.00 bits per heavy atom. The molecule has 0 saturated heterocycles. The van der Waals surface area contributed by atoms with Crippen molar-refractivity contribution in [3.8, 4) is 0 Å². The van der Waals surface area contributed by atoms with Gasteiger partial charge in [0.05, 0.1) is 0 Å². The molecule has 0 atom stereocenters. The predicted molar refractivity (Wildman–Crippen MR) is 112 cm³/mol. The number of hydrogen-bond donors (Lipinski definition) is 0. The maximum Gasteiger partial charge on any atom is -0.0161 e. The van der Waals surface area contributed by atoms with E-state index in [9.17, 15) is 0 Å². The zero-order valence-electron chi connectivity index (χ0n) is 16.4. The molecule has 2 aromatic rings. The molecule has 0 aliphatic heterocycles. The molecular formula is C24H34. The van der Waals surface area contributed by atoms with Crippen LogP contribution in [0.3, 0.4) is 0 Å². The van der Waals surface area contributed by atoms with Crippen LogP contribution in [0.1, 0.15) is 55.9 Å². The maximum absolute atomic E-state index is 4.10. The average Bonchev–Trinajstić information content (AvgIpc) is 2.58.